The van der Waals surface area contributed by atoms with Crippen LogP contribution in [0.4, 0.5) is 0 Å². The highest BCUT2D eigenvalue weighted by Gasteiger charge is 2.14. The monoisotopic (exact) mass is 177 g/mol. The van der Waals surface area contributed by atoms with Gasteiger partial charge in [0, 0.05) is 6.54 Å². The first kappa shape index (κ1) is 8.57. The van der Waals surface area contributed by atoms with Crippen LogP contribution < -0.4 is 5.32 Å². The molecule has 2 heteroatoms. The average molecular weight is 177 g/mol. The predicted molar refractivity (Wildman–Crippen MR) is 52.8 cm³/mol. The van der Waals surface area contributed by atoms with Gasteiger partial charge in [0.2, 0.25) is 0 Å². The van der Waals surface area contributed by atoms with Crippen molar-refractivity contribution in [2.45, 2.75) is 25.8 Å². The highest BCUT2D eigenvalue weighted by atomic mass is 16.3. The fraction of sp³-hybridized carbons (Fsp3) is 0.455. The van der Waals surface area contributed by atoms with Crippen LogP contribution in [0.1, 0.15) is 30.4 Å². The van der Waals surface area contributed by atoms with E-state index in [1.54, 1.807) is 6.07 Å². The lowest BCUT2D eigenvalue weighted by atomic mass is 9.94. The van der Waals surface area contributed by atoms with Gasteiger partial charge < -0.3 is 10.4 Å². The van der Waals surface area contributed by atoms with E-state index in [0.717, 1.165) is 13.1 Å². The molecule has 0 saturated carbocycles. The second-order valence-electron chi connectivity index (χ2n) is 3.75. The summed E-state index contributed by atoms with van der Waals surface area (Å²) in [6.45, 7) is 4.19. The van der Waals surface area contributed by atoms with Crippen molar-refractivity contribution in [2.24, 2.45) is 0 Å². The van der Waals surface area contributed by atoms with Gasteiger partial charge in [0.15, 0.2) is 0 Å². The first-order chi connectivity index (χ1) is 6.27. The van der Waals surface area contributed by atoms with E-state index in [2.05, 4.69) is 12.2 Å². The predicted octanol–water partition coefficient (Wildman–Crippen LogP) is 1.99. The van der Waals surface area contributed by atoms with Crippen molar-refractivity contribution in [1.82, 2.24) is 5.32 Å². The van der Waals surface area contributed by atoms with Gasteiger partial charge in [0.25, 0.3) is 0 Å². The molecule has 1 aliphatic heterocycles. The number of hydrogen-bond acceptors (Lipinski definition) is 2. The number of phenolic OH excluding ortho intramolecular Hbond substituents is 1. The molecule has 0 saturated heterocycles. The Labute approximate surface area is 78.6 Å². The number of phenols is 1. The molecule has 2 N–H and O–H groups in total. The summed E-state index contributed by atoms with van der Waals surface area (Å²) >= 11 is 0. The van der Waals surface area contributed by atoms with Crippen LogP contribution in [0.15, 0.2) is 18.2 Å². The topological polar surface area (TPSA) is 32.3 Å². The van der Waals surface area contributed by atoms with Crippen molar-refractivity contribution in [2.75, 3.05) is 6.54 Å². The first-order valence-electron chi connectivity index (χ1n) is 4.80. The standard InChI is InChI=1S/C11H15NO/c1-8-4-5-12-7-9-6-10(13)2-3-11(8)9/h2-3,6,8,12-13H,4-5,7H2,1H3. The maximum absolute atomic E-state index is 9.34. The average Bonchev–Trinajstić information content (AvgIpc) is 2.28. The van der Waals surface area contributed by atoms with Gasteiger partial charge in [-0.05, 0) is 42.1 Å². The van der Waals surface area contributed by atoms with Gasteiger partial charge in [-0.3, -0.25) is 0 Å². The molecule has 1 aliphatic rings. The first-order valence-corrected chi connectivity index (χ1v) is 4.80. The Hall–Kier alpha value is -1.02. The van der Waals surface area contributed by atoms with Crippen LogP contribution in [0.5, 0.6) is 5.75 Å². The Morgan fingerprint density at radius 3 is 3.15 bits per heavy atom. The molecule has 0 spiro atoms. The van der Waals surface area contributed by atoms with Gasteiger partial charge in [-0.15, -0.1) is 0 Å². The molecule has 0 aromatic heterocycles. The molecule has 1 unspecified atom stereocenters. The largest absolute Gasteiger partial charge is 0.508 e. The van der Waals surface area contributed by atoms with Crippen molar-refractivity contribution in [3.63, 3.8) is 0 Å². The fourth-order valence-electron chi connectivity index (χ4n) is 1.92. The Morgan fingerprint density at radius 2 is 2.31 bits per heavy atom. The summed E-state index contributed by atoms with van der Waals surface area (Å²) in [5.74, 6) is 0.972. The number of benzene rings is 1. The quantitative estimate of drug-likeness (QED) is 0.635. The van der Waals surface area contributed by atoms with Crippen LogP contribution in [-0.2, 0) is 6.54 Å². The summed E-state index contributed by atoms with van der Waals surface area (Å²) in [5, 5.41) is 12.7. The van der Waals surface area contributed by atoms with Crippen LogP contribution in [0.25, 0.3) is 0 Å². The number of aromatic hydroxyl groups is 1. The molecule has 1 aromatic rings. The lowest BCUT2D eigenvalue weighted by molar-refractivity contribution is 0.474. The van der Waals surface area contributed by atoms with Crippen molar-refractivity contribution >= 4 is 0 Å². The minimum atomic E-state index is 0.370. The van der Waals surface area contributed by atoms with Gasteiger partial charge in [-0.1, -0.05) is 13.0 Å². The van der Waals surface area contributed by atoms with E-state index in [0.29, 0.717) is 11.7 Å². The molecule has 1 atom stereocenters. The van der Waals surface area contributed by atoms with Crippen LogP contribution >= 0.6 is 0 Å². The minimum absolute atomic E-state index is 0.370. The van der Waals surface area contributed by atoms with E-state index in [9.17, 15) is 5.11 Å². The molecule has 2 nitrogen and oxygen atoms in total. The van der Waals surface area contributed by atoms with Gasteiger partial charge in [0.1, 0.15) is 5.75 Å². The molecule has 13 heavy (non-hydrogen) atoms. The molecule has 0 bridgehead atoms. The normalized spacial score (nSPS) is 22.1. The van der Waals surface area contributed by atoms with Crippen molar-refractivity contribution in [3.05, 3.63) is 29.3 Å². The van der Waals surface area contributed by atoms with E-state index < -0.39 is 0 Å². The van der Waals surface area contributed by atoms with Gasteiger partial charge in [-0.2, -0.15) is 0 Å². The lowest BCUT2D eigenvalue weighted by Crippen LogP contribution is -2.12. The Kier molecular flexibility index (Phi) is 2.23. The van der Waals surface area contributed by atoms with Crippen molar-refractivity contribution < 1.29 is 5.11 Å². The zero-order valence-electron chi connectivity index (χ0n) is 7.88. The Bertz CT molecular complexity index is 309. The summed E-state index contributed by atoms with van der Waals surface area (Å²) in [4.78, 5) is 0. The molecule has 1 heterocycles. The smallest absolute Gasteiger partial charge is 0.115 e. The SMILES string of the molecule is CC1CCNCc2cc(O)ccc21. The minimum Gasteiger partial charge on any atom is -0.508 e. The molecule has 0 radical (unpaired) electrons. The summed E-state index contributed by atoms with van der Waals surface area (Å²) in [6, 6.07) is 5.69. The molecule has 2 rings (SSSR count). The van der Waals surface area contributed by atoms with E-state index >= 15 is 0 Å². The number of nitrogens with one attached hydrogen (secondary N) is 1. The van der Waals surface area contributed by atoms with Crippen molar-refractivity contribution in [3.8, 4) is 5.75 Å². The second kappa shape index (κ2) is 3.38. The molecule has 1 aromatic carbocycles. The van der Waals surface area contributed by atoms with Crippen LogP contribution in [0, 0.1) is 0 Å². The molecular formula is C11H15NO. The highest BCUT2D eigenvalue weighted by Crippen LogP contribution is 2.27. The fourth-order valence-corrected chi connectivity index (χ4v) is 1.92. The van der Waals surface area contributed by atoms with Gasteiger partial charge in [-0.25, -0.2) is 0 Å². The van der Waals surface area contributed by atoms with Gasteiger partial charge >= 0.3 is 0 Å². The second-order valence-corrected chi connectivity index (χ2v) is 3.75. The highest BCUT2D eigenvalue weighted by molar-refractivity contribution is 5.37. The van der Waals surface area contributed by atoms with Crippen LogP contribution in [-0.4, -0.2) is 11.7 Å². The van der Waals surface area contributed by atoms with Crippen LogP contribution in [0.2, 0.25) is 0 Å². The molecule has 0 aliphatic carbocycles. The zero-order chi connectivity index (χ0) is 9.26. The molecule has 0 amide bonds. The third-order valence-corrected chi connectivity index (χ3v) is 2.73. The van der Waals surface area contributed by atoms with E-state index in [1.807, 2.05) is 12.1 Å². The Morgan fingerprint density at radius 1 is 1.46 bits per heavy atom. The molecule has 0 fully saturated rings. The molecule has 70 valence electrons. The zero-order valence-corrected chi connectivity index (χ0v) is 7.88. The summed E-state index contributed by atoms with van der Waals surface area (Å²) < 4.78 is 0. The van der Waals surface area contributed by atoms with E-state index in [-0.39, 0.29) is 0 Å². The van der Waals surface area contributed by atoms with Crippen LogP contribution in [0.3, 0.4) is 0 Å². The maximum Gasteiger partial charge on any atom is 0.115 e. The number of rotatable bonds is 0. The summed E-state index contributed by atoms with van der Waals surface area (Å²) in [6.07, 6.45) is 1.18. The number of fused-ring (bicyclic) bond motifs is 1. The number of hydrogen-bond donors (Lipinski definition) is 2. The third-order valence-electron chi connectivity index (χ3n) is 2.73. The Balaban J connectivity index is 2.42. The maximum atomic E-state index is 9.34. The summed E-state index contributed by atoms with van der Waals surface area (Å²) in [5.41, 5.74) is 2.62. The van der Waals surface area contributed by atoms with Gasteiger partial charge in [0.05, 0.1) is 0 Å². The lowest BCUT2D eigenvalue weighted by Gasteiger charge is -2.11. The van der Waals surface area contributed by atoms with Crippen molar-refractivity contribution in [1.29, 1.82) is 0 Å². The van der Waals surface area contributed by atoms with E-state index in [4.69, 9.17) is 0 Å². The van der Waals surface area contributed by atoms with E-state index in [1.165, 1.54) is 17.5 Å². The summed E-state index contributed by atoms with van der Waals surface area (Å²) in [7, 11) is 0. The molecular weight excluding hydrogens is 162 g/mol. The third kappa shape index (κ3) is 1.68.